The van der Waals surface area contributed by atoms with Gasteiger partial charge in [-0.2, -0.15) is 0 Å². The Hall–Kier alpha value is -2.94. The van der Waals surface area contributed by atoms with Crippen LogP contribution in [0.1, 0.15) is 16.1 Å². The molecular weight excluding hydrogens is 260 g/mol. The van der Waals surface area contributed by atoms with Gasteiger partial charge in [-0.05, 0) is 35.9 Å². The van der Waals surface area contributed by atoms with Gasteiger partial charge in [-0.15, -0.1) is 0 Å². The Labute approximate surface area is 122 Å². The fraction of sp³-hybridized carbons (Fsp3) is 0. The molecule has 0 spiro atoms. The zero-order chi connectivity index (χ0) is 14.7. The topological polar surface area (TPSA) is 56.0 Å². The molecule has 0 amide bonds. The molecule has 3 heteroatoms. The van der Waals surface area contributed by atoms with E-state index in [-0.39, 0.29) is 5.78 Å². The average molecular weight is 274 g/mol. The molecule has 21 heavy (non-hydrogen) atoms. The molecular formula is C18H14N2O. The van der Waals surface area contributed by atoms with Crippen molar-refractivity contribution in [3.8, 4) is 0 Å². The normalized spacial score (nSPS) is 11.0. The molecule has 2 aromatic carbocycles. The number of ketones is 1. The molecule has 1 aromatic heterocycles. The minimum absolute atomic E-state index is 0.135. The van der Waals surface area contributed by atoms with E-state index in [0.717, 1.165) is 16.5 Å². The number of fused-ring (bicyclic) bond motifs is 1. The van der Waals surface area contributed by atoms with Gasteiger partial charge in [-0.25, -0.2) is 4.98 Å². The predicted molar refractivity (Wildman–Crippen MR) is 86.0 cm³/mol. The van der Waals surface area contributed by atoms with Crippen LogP contribution in [-0.4, -0.2) is 10.8 Å². The fourth-order valence-electron chi connectivity index (χ4n) is 2.12. The number of hydrogen-bond donors (Lipinski definition) is 1. The van der Waals surface area contributed by atoms with Gasteiger partial charge in [-0.1, -0.05) is 42.5 Å². The Morgan fingerprint density at radius 2 is 1.71 bits per heavy atom. The lowest BCUT2D eigenvalue weighted by atomic mass is 10.1. The van der Waals surface area contributed by atoms with Gasteiger partial charge in [0, 0.05) is 11.1 Å². The summed E-state index contributed by atoms with van der Waals surface area (Å²) in [6.07, 6.45) is 3.22. The van der Waals surface area contributed by atoms with E-state index in [9.17, 15) is 4.79 Å². The van der Waals surface area contributed by atoms with E-state index in [2.05, 4.69) is 4.98 Å². The van der Waals surface area contributed by atoms with Crippen LogP contribution in [0.25, 0.3) is 17.0 Å². The molecule has 0 saturated heterocycles. The first-order valence-corrected chi connectivity index (χ1v) is 6.67. The van der Waals surface area contributed by atoms with Crippen LogP contribution >= 0.6 is 0 Å². The number of carbonyl (C=O) groups excluding carboxylic acids is 1. The fourth-order valence-corrected chi connectivity index (χ4v) is 2.12. The van der Waals surface area contributed by atoms with E-state index in [1.54, 1.807) is 18.2 Å². The van der Waals surface area contributed by atoms with E-state index in [0.29, 0.717) is 11.4 Å². The van der Waals surface area contributed by atoms with Gasteiger partial charge in [0.05, 0.1) is 5.52 Å². The van der Waals surface area contributed by atoms with Crippen molar-refractivity contribution in [3.63, 3.8) is 0 Å². The van der Waals surface area contributed by atoms with Crippen molar-refractivity contribution < 1.29 is 4.79 Å². The molecule has 0 radical (unpaired) electrons. The van der Waals surface area contributed by atoms with Gasteiger partial charge in [0.1, 0.15) is 5.69 Å². The van der Waals surface area contributed by atoms with Gasteiger partial charge in [-0.3, -0.25) is 4.79 Å². The summed E-state index contributed by atoms with van der Waals surface area (Å²) in [5.74, 6) is -0.135. The maximum atomic E-state index is 12.2. The van der Waals surface area contributed by atoms with Crippen molar-refractivity contribution in [2.24, 2.45) is 0 Å². The lowest BCUT2D eigenvalue weighted by Gasteiger charge is -2.00. The Morgan fingerprint density at radius 3 is 2.57 bits per heavy atom. The van der Waals surface area contributed by atoms with Crippen LogP contribution in [-0.2, 0) is 0 Å². The number of para-hydroxylation sites is 2. The lowest BCUT2D eigenvalue weighted by molar-refractivity contribution is 0.104. The molecule has 0 atom stereocenters. The summed E-state index contributed by atoms with van der Waals surface area (Å²) in [7, 11) is 0. The molecule has 3 aromatic rings. The number of anilines is 1. The van der Waals surface area contributed by atoms with Crippen molar-refractivity contribution in [2.75, 3.05) is 5.73 Å². The second-order valence-corrected chi connectivity index (χ2v) is 4.72. The van der Waals surface area contributed by atoms with E-state index in [1.807, 2.05) is 48.5 Å². The summed E-state index contributed by atoms with van der Waals surface area (Å²) in [6.45, 7) is 0. The minimum atomic E-state index is -0.135. The number of allylic oxidation sites excluding steroid dienone is 1. The summed E-state index contributed by atoms with van der Waals surface area (Å²) in [4.78, 5) is 16.6. The predicted octanol–water partition coefficient (Wildman–Crippen LogP) is 3.71. The highest BCUT2D eigenvalue weighted by Gasteiger charge is 2.05. The van der Waals surface area contributed by atoms with Crippen molar-refractivity contribution in [1.82, 2.24) is 4.98 Å². The molecule has 1 heterocycles. The first kappa shape index (κ1) is 13.1. The summed E-state index contributed by atoms with van der Waals surface area (Å²) in [5, 5.41) is 1.02. The highest BCUT2D eigenvalue weighted by Crippen LogP contribution is 2.15. The maximum Gasteiger partial charge on any atom is 0.204 e. The summed E-state index contributed by atoms with van der Waals surface area (Å²) in [6, 6.07) is 18.8. The van der Waals surface area contributed by atoms with Crippen LogP contribution in [0.4, 0.5) is 5.69 Å². The van der Waals surface area contributed by atoms with Gasteiger partial charge >= 0.3 is 0 Å². The highest BCUT2D eigenvalue weighted by atomic mass is 16.1. The zero-order valence-corrected chi connectivity index (χ0v) is 11.4. The molecule has 0 saturated carbocycles. The largest absolute Gasteiger partial charge is 0.398 e. The first-order valence-electron chi connectivity index (χ1n) is 6.67. The molecule has 2 N–H and O–H groups in total. The number of benzene rings is 2. The molecule has 0 unspecified atom stereocenters. The van der Waals surface area contributed by atoms with Crippen molar-refractivity contribution >= 4 is 28.4 Å². The third kappa shape index (κ3) is 2.82. The van der Waals surface area contributed by atoms with Crippen molar-refractivity contribution in [3.05, 3.63) is 78.0 Å². The van der Waals surface area contributed by atoms with E-state index < -0.39 is 0 Å². The van der Waals surface area contributed by atoms with Gasteiger partial charge < -0.3 is 5.73 Å². The SMILES string of the molecule is Nc1ccccc1C=CC(=O)c1ccc2ccccc2n1. The number of nitrogen functional groups attached to an aromatic ring is 1. The lowest BCUT2D eigenvalue weighted by Crippen LogP contribution is -1.98. The number of hydrogen-bond acceptors (Lipinski definition) is 3. The van der Waals surface area contributed by atoms with Gasteiger partial charge in [0.25, 0.3) is 0 Å². The van der Waals surface area contributed by atoms with Crippen LogP contribution in [0.2, 0.25) is 0 Å². The molecule has 0 aliphatic heterocycles. The third-order valence-corrected chi connectivity index (χ3v) is 3.26. The Morgan fingerprint density at radius 1 is 0.952 bits per heavy atom. The minimum Gasteiger partial charge on any atom is -0.398 e. The second-order valence-electron chi connectivity index (χ2n) is 4.72. The summed E-state index contributed by atoms with van der Waals surface area (Å²) < 4.78 is 0. The maximum absolute atomic E-state index is 12.2. The monoisotopic (exact) mass is 274 g/mol. The highest BCUT2D eigenvalue weighted by molar-refractivity contribution is 6.06. The second kappa shape index (κ2) is 5.59. The smallest absolute Gasteiger partial charge is 0.204 e. The Bertz CT molecular complexity index is 837. The number of carbonyl (C=O) groups is 1. The van der Waals surface area contributed by atoms with Crippen LogP contribution in [0, 0.1) is 0 Å². The van der Waals surface area contributed by atoms with E-state index in [1.165, 1.54) is 6.08 Å². The molecule has 0 bridgehead atoms. The Kier molecular flexibility index (Phi) is 3.48. The third-order valence-electron chi connectivity index (χ3n) is 3.26. The van der Waals surface area contributed by atoms with Crippen molar-refractivity contribution in [2.45, 2.75) is 0 Å². The average Bonchev–Trinajstić information content (AvgIpc) is 2.53. The number of rotatable bonds is 3. The summed E-state index contributed by atoms with van der Waals surface area (Å²) in [5.41, 5.74) is 8.56. The molecule has 102 valence electrons. The van der Waals surface area contributed by atoms with E-state index >= 15 is 0 Å². The standard InChI is InChI=1S/C18H14N2O/c19-15-7-3-1-5-13(15)10-12-18(21)17-11-9-14-6-2-4-8-16(14)20-17/h1-12H,19H2. The number of pyridine rings is 1. The summed E-state index contributed by atoms with van der Waals surface area (Å²) >= 11 is 0. The Balaban J connectivity index is 1.89. The van der Waals surface area contributed by atoms with Crippen LogP contribution in [0.15, 0.2) is 66.7 Å². The number of nitrogens with two attached hydrogens (primary N) is 1. The van der Waals surface area contributed by atoms with E-state index in [4.69, 9.17) is 5.73 Å². The molecule has 3 rings (SSSR count). The van der Waals surface area contributed by atoms with Crippen LogP contribution < -0.4 is 5.73 Å². The van der Waals surface area contributed by atoms with Gasteiger partial charge in [0.2, 0.25) is 5.78 Å². The zero-order valence-electron chi connectivity index (χ0n) is 11.4. The number of nitrogens with zero attached hydrogens (tertiary/aromatic N) is 1. The molecule has 0 fully saturated rings. The quantitative estimate of drug-likeness (QED) is 0.450. The van der Waals surface area contributed by atoms with Crippen molar-refractivity contribution in [1.29, 1.82) is 0 Å². The molecule has 0 aliphatic rings. The van der Waals surface area contributed by atoms with Crippen LogP contribution in [0.3, 0.4) is 0 Å². The molecule has 3 nitrogen and oxygen atoms in total. The van der Waals surface area contributed by atoms with Crippen LogP contribution in [0.5, 0.6) is 0 Å². The van der Waals surface area contributed by atoms with Gasteiger partial charge in [0.15, 0.2) is 0 Å². The number of aromatic nitrogens is 1. The first-order chi connectivity index (χ1) is 10.2. The molecule has 0 aliphatic carbocycles.